The van der Waals surface area contributed by atoms with Crippen LogP contribution in [0.15, 0.2) is 29.0 Å². The summed E-state index contributed by atoms with van der Waals surface area (Å²) >= 11 is 0. The molecule has 0 unspecified atom stereocenters. The highest BCUT2D eigenvalue weighted by atomic mass is 16.4. The second-order valence-electron chi connectivity index (χ2n) is 9.70. The van der Waals surface area contributed by atoms with Gasteiger partial charge in [-0.15, -0.1) is 0 Å². The largest absolute Gasteiger partial charge is 0.508 e. The predicted octanol–water partition coefficient (Wildman–Crippen LogP) is -0.544. The van der Waals surface area contributed by atoms with E-state index in [2.05, 4.69) is 5.32 Å². The van der Waals surface area contributed by atoms with Crippen molar-refractivity contribution in [2.24, 2.45) is 17.6 Å². The molecule has 1 aromatic rings. The maximum absolute atomic E-state index is 13.6. The molecule has 1 aromatic carbocycles. The molecule has 1 fully saturated rings. The molecule has 2 amide bonds. The Morgan fingerprint density at radius 2 is 1.83 bits per heavy atom. The van der Waals surface area contributed by atoms with Gasteiger partial charge in [0.2, 0.25) is 11.7 Å². The van der Waals surface area contributed by atoms with Crippen LogP contribution in [0.2, 0.25) is 0 Å². The summed E-state index contributed by atoms with van der Waals surface area (Å²) in [6, 6.07) is 2.94. The van der Waals surface area contributed by atoms with E-state index in [1.165, 1.54) is 12.1 Å². The van der Waals surface area contributed by atoms with Crippen molar-refractivity contribution in [2.45, 2.75) is 31.0 Å². The average Bonchev–Trinajstić information content (AvgIpc) is 2.77. The van der Waals surface area contributed by atoms with E-state index in [9.17, 15) is 44.7 Å². The van der Waals surface area contributed by atoms with Crippen LogP contribution in [0.1, 0.15) is 30.4 Å². The zero-order valence-electron chi connectivity index (χ0n) is 19.8. The van der Waals surface area contributed by atoms with E-state index in [4.69, 9.17) is 5.73 Å². The van der Waals surface area contributed by atoms with Crippen LogP contribution in [0.5, 0.6) is 5.75 Å². The minimum Gasteiger partial charge on any atom is -0.508 e. The lowest BCUT2D eigenvalue weighted by Gasteiger charge is -2.50. The van der Waals surface area contributed by atoms with Gasteiger partial charge in [-0.3, -0.25) is 19.2 Å². The highest BCUT2D eigenvalue weighted by Crippen LogP contribution is 2.56. The molecule has 1 saturated carbocycles. The van der Waals surface area contributed by atoms with Crippen LogP contribution in [-0.4, -0.2) is 86.2 Å². The number of primary amides is 1. The Labute approximate surface area is 205 Å². The summed E-state index contributed by atoms with van der Waals surface area (Å²) in [7, 11) is 3.35. The third-order valence-corrected chi connectivity index (χ3v) is 7.23. The number of Topliss-reactive ketones (excluding diaryl/α,β-unsaturated/α-hetero) is 2. The van der Waals surface area contributed by atoms with Gasteiger partial charge >= 0.3 is 0 Å². The van der Waals surface area contributed by atoms with Crippen LogP contribution < -0.4 is 11.1 Å². The number of nitrogens with one attached hydrogen (secondary N) is 1. The lowest BCUT2D eigenvalue weighted by atomic mass is 9.55. The van der Waals surface area contributed by atoms with Gasteiger partial charge in [0.15, 0.2) is 11.4 Å². The number of nitrogens with zero attached hydrogens (tertiary/aromatic N) is 1. The van der Waals surface area contributed by atoms with Crippen molar-refractivity contribution < 1.29 is 44.7 Å². The van der Waals surface area contributed by atoms with E-state index in [0.717, 1.165) is 0 Å². The number of aromatic hydroxyl groups is 1. The number of hydrogen-bond acceptors (Lipinski definition) is 10. The van der Waals surface area contributed by atoms with Crippen molar-refractivity contribution in [1.29, 1.82) is 0 Å². The zero-order valence-corrected chi connectivity index (χ0v) is 19.8. The quantitative estimate of drug-likeness (QED) is 0.207. The molecular formula is C24H27N3O9. The number of likely N-dealkylation sites (N-methyl/N-ethyl adjacent to an activating group) is 1. The molecule has 0 radical (unpaired) electrons. The maximum atomic E-state index is 13.6. The molecule has 4 rings (SSSR count). The Bertz CT molecular complexity index is 1280. The summed E-state index contributed by atoms with van der Waals surface area (Å²) in [5.74, 6) is -9.89. The number of ketones is 2. The van der Waals surface area contributed by atoms with Gasteiger partial charge in [-0.2, -0.15) is 0 Å². The van der Waals surface area contributed by atoms with Crippen LogP contribution in [-0.2, 0) is 19.2 Å². The van der Waals surface area contributed by atoms with E-state index in [1.807, 2.05) is 0 Å². The van der Waals surface area contributed by atoms with Crippen molar-refractivity contribution in [3.05, 3.63) is 40.2 Å². The van der Waals surface area contributed by atoms with Gasteiger partial charge in [0.25, 0.3) is 5.91 Å². The number of phenolic OH excluding ortho intramolecular Hbond substituents is 1. The van der Waals surface area contributed by atoms with Crippen LogP contribution in [0.25, 0.3) is 5.76 Å². The SMILES string of the molecule is C[C@@H]1c2ccc(NC(=O)CN(C)C)c(O)c2C(O)=C2C(=O)[C@]3(O)C(O)=C(C(N)=O)C(=O)C[C@@H]3[C@@H](O)[C@@H]21. The first-order chi connectivity index (χ1) is 16.7. The Morgan fingerprint density at radius 3 is 2.42 bits per heavy atom. The number of carbonyl (C=O) groups is 4. The molecule has 5 atom stereocenters. The zero-order chi connectivity index (χ0) is 26.9. The fraction of sp³-hybridized carbons (Fsp3) is 0.417. The number of rotatable bonds is 4. The number of fused-ring (bicyclic) bond motifs is 3. The lowest BCUT2D eigenvalue weighted by Crippen LogP contribution is -2.63. The second kappa shape index (κ2) is 8.43. The summed E-state index contributed by atoms with van der Waals surface area (Å²) in [4.78, 5) is 51.6. The van der Waals surface area contributed by atoms with E-state index in [1.54, 1.807) is 25.9 Å². The summed E-state index contributed by atoms with van der Waals surface area (Å²) in [6.45, 7) is 1.63. The molecule has 0 heterocycles. The van der Waals surface area contributed by atoms with Gasteiger partial charge in [-0.25, -0.2) is 0 Å². The smallest absolute Gasteiger partial charge is 0.255 e. The van der Waals surface area contributed by atoms with Gasteiger partial charge in [0.1, 0.15) is 22.8 Å². The Hall–Kier alpha value is -3.74. The standard InChI is InChI=1S/C24H27N3O9/c1-8-9-4-5-11(26-13(29)7-27(2)3)19(31)15(9)20(32)17-14(8)18(30)10-6-12(28)16(23(25)35)21(33)24(10,36)22(17)34/h4-5,8,10,14,18,30-33,36H,6-7H2,1-3H3,(H2,25,35)(H,26,29)/t8-,10-,14-,18-,24-/m1/s1. The van der Waals surface area contributed by atoms with Crippen molar-refractivity contribution >= 4 is 34.8 Å². The maximum Gasteiger partial charge on any atom is 0.255 e. The van der Waals surface area contributed by atoms with Crippen molar-refractivity contribution in [1.82, 2.24) is 4.90 Å². The molecule has 0 aromatic heterocycles. The van der Waals surface area contributed by atoms with Gasteiger partial charge < -0.3 is 41.5 Å². The van der Waals surface area contributed by atoms with Crippen molar-refractivity contribution in [3.8, 4) is 5.75 Å². The Morgan fingerprint density at radius 1 is 1.19 bits per heavy atom. The van der Waals surface area contributed by atoms with Gasteiger partial charge in [-0.1, -0.05) is 13.0 Å². The first-order valence-corrected chi connectivity index (χ1v) is 11.2. The molecule has 192 valence electrons. The summed E-state index contributed by atoms with van der Waals surface area (Å²) in [5, 5.41) is 57.7. The number of hydrogen-bond donors (Lipinski definition) is 7. The fourth-order valence-electron chi connectivity index (χ4n) is 5.58. The van der Waals surface area contributed by atoms with Crippen LogP contribution in [0.4, 0.5) is 5.69 Å². The number of aliphatic hydroxyl groups is 4. The number of anilines is 1. The molecule has 0 saturated heterocycles. The lowest BCUT2D eigenvalue weighted by molar-refractivity contribution is -0.160. The predicted molar refractivity (Wildman–Crippen MR) is 125 cm³/mol. The Kier molecular flexibility index (Phi) is 5.94. The van der Waals surface area contributed by atoms with Crippen molar-refractivity contribution in [3.63, 3.8) is 0 Å². The molecule has 8 N–H and O–H groups in total. The summed E-state index contributed by atoms with van der Waals surface area (Å²) < 4.78 is 0. The van der Waals surface area contributed by atoms with E-state index in [0.29, 0.717) is 5.56 Å². The number of aliphatic hydroxyl groups excluding tert-OH is 3. The third-order valence-electron chi connectivity index (χ3n) is 7.23. The van der Waals surface area contributed by atoms with Crippen LogP contribution in [0, 0.1) is 11.8 Å². The first kappa shape index (κ1) is 25.4. The molecular weight excluding hydrogens is 474 g/mol. The number of nitrogens with two attached hydrogens (primary N) is 1. The van der Waals surface area contributed by atoms with Crippen LogP contribution >= 0.6 is 0 Å². The normalized spacial score (nSPS) is 29.6. The molecule has 0 spiro atoms. The molecule has 3 aliphatic rings. The minimum absolute atomic E-state index is 0.00764. The summed E-state index contributed by atoms with van der Waals surface area (Å²) in [6.07, 6.45) is -2.24. The molecule has 3 aliphatic carbocycles. The molecule has 12 heteroatoms. The topological polar surface area (TPSA) is 211 Å². The van der Waals surface area contributed by atoms with E-state index >= 15 is 0 Å². The van der Waals surface area contributed by atoms with Gasteiger partial charge in [-0.05, 0) is 31.6 Å². The first-order valence-electron chi connectivity index (χ1n) is 11.2. The van der Waals surface area contributed by atoms with Gasteiger partial charge in [0, 0.05) is 23.8 Å². The number of benzene rings is 1. The molecule has 36 heavy (non-hydrogen) atoms. The third kappa shape index (κ3) is 3.40. The second-order valence-corrected chi connectivity index (χ2v) is 9.70. The summed E-state index contributed by atoms with van der Waals surface area (Å²) in [5.41, 5.74) is 0.941. The van der Waals surface area contributed by atoms with Crippen LogP contribution in [0.3, 0.4) is 0 Å². The molecule has 0 aliphatic heterocycles. The number of amides is 2. The van der Waals surface area contributed by atoms with E-state index in [-0.39, 0.29) is 17.8 Å². The molecule has 12 nitrogen and oxygen atoms in total. The Balaban J connectivity index is 1.90. The molecule has 0 bridgehead atoms. The van der Waals surface area contributed by atoms with E-state index < -0.39 is 87.7 Å². The highest BCUT2D eigenvalue weighted by molar-refractivity contribution is 6.23. The monoisotopic (exact) mass is 501 g/mol. The van der Waals surface area contributed by atoms with Gasteiger partial charge in [0.05, 0.1) is 23.9 Å². The minimum atomic E-state index is -2.90. The number of carbonyl (C=O) groups excluding carboxylic acids is 4. The van der Waals surface area contributed by atoms with Crippen molar-refractivity contribution in [2.75, 3.05) is 26.0 Å². The fourth-order valence-corrected chi connectivity index (χ4v) is 5.58. The highest BCUT2D eigenvalue weighted by Gasteiger charge is 2.64. The average molecular weight is 501 g/mol. The number of phenols is 1.